The summed E-state index contributed by atoms with van der Waals surface area (Å²) >= 11 is 0. The molecule has 0 spiro atoms. The maximum atomic E-state index is 4.30. The Balaban J connectivity index is 5.27. The highest BCUT2D eigenvalue weighted by molar-refractivity contribution is 6.85. The van der Waals surface area contributed by atoms with E-state index in [2.05, 4.69) is 65.6 Å². The largest absolute Gasteiger partial charge is 0.298 e. The molecule has 0 fully saturated rings. The molecule has 120 valence electrons. The van der Waals surface area contributed by atoms with E-state index in [-0.39, 0.29) is 0 Å². The Labute approximate surface area is 129 Å². The molecule has 0 aromatic heterocycles. The van der Waals surface area contributed by atoms with Crippen molar-refractivity contribution < 1.29 is 0 Å². The summed E-state index contributed by atoms with van der Waals surface area (Å²) in [4.78, 5) is 2.74. The van der Waals surface area contributed by atoms with Crippen molar-refractivity contribution in [3.05, 3.63) is 12.3 Å². The summed E-state index contributed by atoms with van der Waals surface area (Å²) in [5, 5.41) is 0. The van der Waals surface area contributed by atoms with Crippen LogP contribution < -0.4 is 0 Å². The molecule has 0 aromatic rings. The SMILES string of the molecule is C=C[Si](CCCC)(CCCC)C(C)N(C(C)C)C(C)C. The molecule has 0 N–H and O–H groups in total. The Hall–Kier alpha value is -0.0831. The molecular weight excluding hydrogens is 258 g/mol. The van der Waals surface area contributed by atoms with Gasteiger partial charge in [-0.25, -0.2) is 0 Å². The molecular formula is C18H39NSi. The van der Waals surface area contributed by atoms with Crippen LogP contribution in [-0.4, -0.2) is 30.7 Å². The second-order valence-electron chi connectivity index (χ2n) is 6.96. The van der Waals surface area contributed by atoms with E-state index in [1.807, 2.05) is 0 Å². The molecule has 0 aliphatic carbocycles. The van der Waals surface area contributed by atoms with Gasteiger partial charge >= 0.3 is 0 Å². The minimum absolute atomic E-state index is 0.625. The second-order valence-corrected chi connectivity index (χ2v) is 11.7. The van der Waals surface area contributed by atoms with E-state index in [1.165, 1.54) is 37.8 Å². The van der Waals surface area contributed by atoms with Gasteiger partial charge in [0.1, 0.15) is 0 Å². The van der Waals surface area contributed by atoms with Gasteiger partial charge in [0, 0.05) is 17.7 Å². The van der Waals surface area contributed by atoms with Gasteiger partial charge in [0.15, 0.2) is 0 Å². The average molecular weight is 298 g/mol. The van der Waals surface area contributed by atoms with Crippen LogP contribution >= 0.6 is 0 Å². The molecule has 0 aliphatic heterocycles. The van der Waals surface area contributed by atoms with Crippen molar-refractivity contribution in [2.75, 3.05) is 0 Å². The molecule has 0 heterocycles. The summed E-state index contributed by atoms with van der Waals surface area (Å²) in [6.45, 7) is 20.8. The van der Waals surface area contributed by atoms with Crippen molar-refractivity contribution in [2.24, 2.45) is 0 Å². The zero-order valence-electron chi connectivity index (χ0n) is 15.2. The van der Waals surface area contributed by atoms with E-state index in [0.29, 0.717) is 17.7 Å². The van der Waals surface area contributed by atoms with E-state index in [4.69, 9.17) is 0 Å². The van der Waals surface area contributed by atoms with Crippen LogP contribution in [0.4, 0.5) is 0 Å². The fraction of sp³-hybridized carbons (Fsp3) is 0.889. The molecule has 0 aliphatic rings. The molecule has 0 bridgehead atoms. The summed E-state index contributed by atoms with van der Waals surface area (Å²) in [5.74, 6) is 0. The zero-order valence-corrected chi connectivity index (χ0v) is 16.2. The highest BCUT2D eigenvalue weighted by Crippen LogP contribution is 2.31. The number of hydrogen-bond acceptors (Lipinski definition) is 1. The van der Waals surface area contributed by atoms with Gasteiger partial charge < -0.3 is 0 Å². The van der Waals surface area contributed by atoms with Gasteiger partial charge in [-0.2, -0.15) is 0 Å². The smallest absolute Gasteiger partial charge is 0.0951 e. The Kier molecular flexibility index (Phi) is 9.74. The lowest BCUT2D eigenvalue weighted by Crippen LogP contribution is -2.58. The Morgan fingerprint density at radius 2 is 1.30 bits per heavy atom. The van der Waals surface area contributed by atoms with E-state index < -0.39 is 8.07 Å². The van der Waals surface area contributed by atoms with Crippen LogP contribution in [0.1, 0.15) is 74.1 Å². The molecule has 0 saturated heterocycles. The molecule has 1 nitrogen and oxygen atoms in total. The van der Waals surface area contributed by atoms with Crippen molar-refractivity contribution >= 4 is 8.07 Å². The minimum atomic E-state index is -1.41. The van der Waals surface area contributed by atoms with Crippen molar-refractivity contribution in [1.29, 1.82) is 0 Å². The van der Waals surface area contributed by atoms with Crippen LogP contribution in [0.3, 0.4) is 0 Å². The number of unbranched alkanes of at least 4 members (excludes halogenated alkanes) is 2. The molecule has 1 unspecified atom stereocenters. The monoisotopic (exact) mass is 297 g/mol. The van der Waals surface area contributed by atoms with E-state index in [0.717, 1.165) is 0 Å². The van der Waals surface area contributed by atoms with Gasteiger partial charge in [0.05, 0.1) is 8.07 Å². The van der Waals surface area contributed by atoms with Crippen molar-refractivity contribution in [2.45, 2.75) is 104 Å². The highest BCUT2D eigenvalue weighted by Gasteiger charge is 2.39. The fourth-order valence-corrected chi connectivity index (χ4v) is 8.77. The lowest BCUT2D eigenvalue weighted by molar-refractivity contribution is 0.157. The molecule has 20 heavy (non-hydrogen) atoms. The summed E-state index contributed by atoms with van der Waals surface area (Å²) in [6, 6.07) is 4.09. The highest BCUT2D eigenvalue weighted by atomic mass is 28.3. The summed E-state index contributed by atoms with van der Waals surface area (Å²) in [7, 11) is -1.41. The maximum absolute atomic E-state index is 4.30. The summed E-state index contributed by atoms with van der Waals surface area (Å²) in [6.07, 6.45) is 5.36. The van der Waals surface area contributed by atoms with E-state index >= 15 is 0 Å². The van der Waals surface area contributed by atoms with E-state index in [1.54, 1.807) is 0 Å². The summed E-state index contributed by atoms with van der Waals surface area (Å²) < 4.78 is 0. The third-order valence-corrected chi connectivity index (χ3v) is 10.2. The standard InChI is InChI=1S/C18H39NSi/c1-9-12-14-20(11-3,15-13-10-2)18(8)19(16(4)5)17(6)7/h11,16-18H,3,9-10,12-15H2,1-2,4-8H3. The van der Waals surface area contributed by atoms with Crippen molar-refractivity contribution in [3.63, 3.8) is 0 Å². The first-order valence-electron chi connectivity index (χ1n) is 8.77. The molecule has 0 radical (unpaired) electrons. The van der Waals surface area contributed by atoms with Crippen molar-refractivity contribution in [1.82, 2.24) is 4.90 Å². The molecule has 2 heteroatoms. The van der Waals surface area contributed by atoms with Gasteiger partial charge in [-0.05, 0) is 27.7 Å². The maximum Gasteiger partial charge on any atom is 0.0951 e. The first-order chi connectivity index (χ1) is 9.36. The Bertz CT molecular complexity index is 244. The van der Waals surface area contributed by atoms with Crippen LogP contribution in [0.2, 0.25) is 12.1 Å². The van der Waals surface area contributed by atoms with Crippen molar-refractivity contribution in [3.8, 4) is 0 Å². The molecule has 0 rings (SSSR count). The quantitative estimate of drug-likeness (QED) is 0.435. The number of hydrogen-bond donors (Lipinski definition) is 0. The van der Waals surface area contributed by atoms with Crippen LogP contribution in [0.5, 0.6) is 0 Å². The normalized spacial score (nSPS) is 14.3. The first-order valence-corrected chi connectivity index (χ1v) is 11.3. The predicted octanol–water partition coefficient (Wildman–Crippen LogP) is 5.81. The van der Waals surface area contributed by atoms with Gasteiger partial charge in [-0.15, -0.1) is 6.58 Å². The number of rotatable bonds is 11. The van der Waals surface area contributed by atoms with Gasteiger partial charge in [-0.1, -0.05) is 64.2 Å². The van der Waals surface area contributed by atoms with Crippen LogP contribution in [-0.2, 0) is 0 Å². The third kappa shape index (κ3) is 5.36. The molecule has 1 atom stereocenters. The fourth-order valence-electron chi connectivity index (χ4n) is 3.72. The second kappa shape index (κ2) is 9.78. The van der Waals surface area contributed by atoms with Crippen LogP contribution in [0.25, 0.3) is 0 Å². The molecule has 0 saturated carbocycles. The summed E-state index contributed by atoms with van der Waals surface area (Å²) in [5.41, 5.74) is 3.12. The Morgan fingerprint density at radius 1 is 0.900 bits per heavy atom. The zero-order chi connectivity index (χ0) is 15.8. The Morgan fingerprint density at radius 3 is 1.55 bits per heavy atom. The third-order valence-electron chi connectivity index (χ3n) is 4.87. The van der Waals surface area contributed by atoms with Crippen LogP contribution in [0.15, 0.2) is 12.3 Å². The molecule has 0 amide bonds. The van der Waals surface area contributed by atoms with Gasteiger partial charge in [-0.3, -0.25) is 4.90 Å². The lowest BCUT2D eigenvalue weighted by atomic mass is 10.2. The van der Waals surface area contributed by atoms with E-state index in [9.17, 15) is 0 Å². The van der Waals surface area contributed by atoms with Gasteiger partial charge in [0.2, 0.25) is 0 Å². The first kappa shape index (κ1) is 19.9. The topological polar surface area (TPSA) is 3.24 Å². The van der Waals surface area contributed by atoms with Gasteiger partial charge in [0.25, 0.3) is 0 Å². The minimum Gasteiger partial charge on any atom is -0.298 e. The lowest BCUT2D eigenvalue weighted by Gasteiger charge is -2.46. The molecule has 0 aromatic carbocycles. The number of nitrogens with zero attached hydrogens (tertiary/aromatic N) is 1. The average Bonchev–Trinajstić information content (AvgIpc) is 2.38. The predicted molar refractivity (Wildman–Crippen MR) is 97.0 cm³/mol. The van der Waals surface area contributed by atoms with Crippen LogP contribution in [0, 0.1) is 0 Å².